The molecule has 19 heavy (non-hydrogen) atoms. The summed E-state index contributed by atoms with van der Waals surface area (Å²) in [6.07, 6.45) is 0.652. The van der Waals surface area contributed by atoms with E-state index >= 15 is 0 Å². The molecule has 0 aliphatic heterocycles. The van der Waals surface area contributed by atoms with Crippen LogP contribution >= 0.6 is 38.5 Å². The number of aryl methyl sites for hydroxylation is 2. The molecule has 102 valence electrons. The fourth-order valence-corrected chi connectivity index (χ4v) is 3.40. The lowest BCUT2D eigenvalue weighted by Gasteiger charge is -2.14. The molecule has 0 aliphatic rings. The van der Waals surface area contributed by atoms with Crippen molar-refractivity contribution < 1.29 is 4.39 Å². The first-order valence-electron chi connectivity index (χ1n) is 5.78. The second-order valence-electron chi connectivity index (χ2n) is 4.45. The van der Waals surface area contributed by atoms with Gasteiger partial charge in [0.1, 0.15) is 5.82 Å². The van der Waals surface area contributed by atoms with Gasteiger partial charge >= 0.3 is 0 Å². The summed E-state index contributed by atoms with van der Waals surface area (Å²) < 4.78 is 16.8. The Labute approximate surface area is 133 Å². The molecule has 0 amide bonds. The van der Waals surface area contributed by atoms with Crippen molar-refractivity contribution in [3.05, 3.63) is 49.0 Å². The Morgan fingerprint density at radius 2 is 2.21 bits per heavy atom. The molecule has 2 aromatic rings. The summed E-state index contributed by atoms with van der Waals surface area (Å²) in [5, 5.41) is 4.35. The molecule has 0 aliphatic carbocycles. The van der Waals surface area contributed by atoms with Crippen LogP contribution in [-0.4, -0.2) is 9.78 Å². The van der Waals surface area contributed by atoms with Crippen LogP contribution in [0, 0.1) is 16.3 Å². The monoisotopic (exact) mass is 437 g/mol. The van der Waals surface area contributed by atoms with Crippen LogP contribution in [0.5, 0.6) is 0 Å². The van der Waals surface area contributed by atoms with Crippen molar-refractivity contribution in [2.75, 3.05) is 0 Å². The first-order valence-corrected chi connectivity index (χ1v) is 7.65. The van der Waals surface area contributed by atoms with E-state index in [1.807, 2.05) is 18.7 Å². The molecular weight excluding hydrogens is 424 g/mol. The highest BCUT2D eigenvalue weighted by atomic mass is 127. The molecule has 1 aromatic heterocycles. The van der Waals surface area contributed by atoms with E-state index in [1.165, 1.54) is 12.1 Å². The van der Waals surface area contributed by atoms with Gasteiger partial charge in [-0.1, -0.05) is 6.07 Å². The highest BCUT2D eigenvalue weighted by Gasteiger charge is 2.17. The first kappa shape index (κ1) is 14.9. The molecule has 0 spiro atoms. The SMILES string of the molecule is Cc1nn(C)c(CC(N)c2ccc(F)cc2I)c1Br. The van der Waals surface area contributed by atoms with Crippen LogP contribution < -0.4 is 5.73 Å². The summed E-state index contributed by atoms with van der Waals surface area (Å²) in [5.41, 5.74) is 9.18. The standard InChI is InChI=1S/C13H14BrFIN3/c1-7-13(14)12(19(2)18-7)6-11(17)9-4-3-8(15)5-10(9)16/h3-5,11H,6,17H2,1-2H3. The van der Waals surface area contributed by atoms with Crippen molar-refractivity contribution in [1.29, 1.82) is 0 Å². The van der Waals surface area contributed by atoms with E-state index in [2.05, 4.69) is 43.6 Å². The minimum atomic E-state index is -0.238. The molecule has 6 heteroatoms. The Bertz CT molecular complexity index is 612. The summed E-state index contributed by atoms with van der Waals surface area (Å²) in [6, 6.07) is 4.51. The third-order valence-electron chi connectivity index (χ3n) is 3.04. The Kier molecular flexibility index (Phi) is 4.62. The Balaban J connectivity index is 2.28. The number of hydrogen-bond acceptors (Lipinski definition) is 2. The van der Waals surface area contributed by atoms with E-state index in [0.29, 0.717) is 6.42 Å². The van der Waals surface area contributed by atoms with Gasteiger partial charge in [0.15, 0.2) is 0 Å². The molecule has 2 rings (SSSR count). The fourth-order valence-electron chi connectivity index (χ4n) is 2.02. The van der Waals surface area contributed by atoms with Crippen LogP contribution in [0.1, 0.15) is 23.0 Å². The second-order valence-corrected chi connectivity index (χ2v) is 6.40. The quantitative estimate of drug-likeness (QED) is 0.747. The summed E-state index contributed by atoms with van der Waals surface area (Å²) in [7, 11) is 1.90. The first-order chi connectivity index (χ1) is 8.90. The van der Waals surface area contributed by atoms with E-state index in [1.54, 1.807) is 6.07 Å². The largest absolute Gasteiger partial charge is 0.324 e. The number of halogens is 3. The molecule has 2 N–H and O–H groups in total. The Morgan fingerprint density at radius 1 is 1.53 bits per heavy atom. The van der Waals surface area contributed by atoms with Gasteiger partial charge in [-0.3, -0.25) is 4.68 Å². The average Bonchev–Trinajstić information content (AvgIpc) is 2.56. The summed E-state index contributed by atoms with van der Waals surface area (Å²) in [6.45, 7) is 1.95. The van der Waals surface area contributed by atoms with Gasteiger partial charge in [0.2, 0.25) is 0 Å². The number of nitrogens with zero attached hydrogens (tertiary/aromatic N) is 2. The molecule has 0 saturated heterocycles. The predicted octanol–water partition coefficient (Wildman–Crippen LogP) is 3.48. The van der Waals surface area contributed by atoms with Gasteiger partial charge in [-0.25, -0.2) is 4.39 Å². The Hall–Kier alpha value is -0.470. The molecule has 0 radical (unpaired) electrons. The molecule has 1 atom stereocenters. The van der Waals surface area contributed by atoms with E-state index in [-0.39, 0.29) is 11.9 Å². The van der Waals surface area contributed by atoms with Gasteiger partial charge in [0.05, 0.1) is 15.9 Å². The highest BCUT2D eigenvalue weighted by Crippen LogP contribution is 2.27. The van der Waals surface area contributed by atoms with Crippen molar-refractivity contribution in [1.82, 2.24) is 9.78 Å². The molecule has 1 heterocycles. The van der Waals surface area contributed by atoms with Gasteiger partial charge in [-0.05, 0) is 63.1 Å². The van der Waals surface area contributed by atoms with Gasteiger partial charge in [-0.15, -0.1) is 0 Å². The highest BCUT2D eigenvalue weighted by molar-refractivity contribution is 14.1. The van der Waals surface area contributed by atoms with Crippen LogP contribution in [0.25, 0.3) is 0 Å². The third kappa shape index (κ3) is 3.17. The maximum absolute atomic E-state index is 13.1. The predicted molar refractivity (Wildman–Crippen MR) is 85.4 cm³/mol. The summed E-state index contributed by atoms with van der Waals surface area (Å²) >= 11 is 5.64. The van der Waals surface area contributed by atoms with E-state index in [4.69, 9.17) is 5.73 Å². The van der Waals surface area contributed by atoms with Gasteiger partial charge in [0.25, 0.3) is 0 Å². The minimum Gasteiger partial charge on any atom is -0.324 e. The van der Waals surface area contributed by atoms with Gasteiger partial charge in [-0.2, -0.15) is 5.10 Å². The van der Waals surface area contributed by atoms with Crippen molar-refractivity contribution in [2.45, 2.75) is 19.4 Å². The maximum Gasteiger partial charge on any atom is 0.124 e. The smallest absolute Gasteiger partial charge is 0.124 e. The summed E-state index contributed by atoms with van der Waals surface area (Å²) in [5.74, 6) is -0.238. The van der Waals surface area contributed by atoms with Crippen molar-refractivity contribution in [2.24, 2.45) is 12.8 Å². The lowest BCUT2D eigenvalue weighted by molar-refractivity contribution is 0.616. The molecule has 1 aromatic carbocycles. The number of nitrogens with two attached hydrogens (primary N) is 1. The number of hydrogen-bond donors (Lipinski definition) is 1. The lowest BCUT2D eigenvalue weighted by atomic mass is 10.0. The molecule has 0 saturated carbocycles. The van der Waals surface area contributed by atoms with Gasteiger partial charge in [0, 0.05) is 23.1 Å². The van der Waals surface area contributed by atoms with Gasteiger partial charge < -0.3 is 5.73 Å². The van der Waals surface area contributed by atoms with Crippen LogP contribution in [-0.2, 0) is 13.5 Å². The zero-order valence-corrected chi connectivity index (χ0v) is 14.4. The molecular formula is C13H14BrFIN3. The average molecular weight is 438 g/mol. The number of aromatic nitrogens is 2. The molecule has 1 unspecified atom stereocenters. The van der Waals surface area contributed by atoms with Crippen LogP contribution in [0.3, 0.4) is 0 Å². The molecule has 0 bridgehead atoms. The van der Waals surface area contributed by atoms with E-state index in [0.717, 1.165) is 25.0 Å². The second kappa shape index (κ2) is 5.88. The van der Waals surface area contributed by atoms with Crippen molar-refractivity contribution in [3.63, 3.8) is 0 Å². The molecule has 0 fully saturated rings. The minimum absolute atomic E-state index is 0.182. The van der Waals surface area contributed by atoms with Crippen LogP contribution in [0.15, 0.2) is 22.7 Å². The number of rotatable bonds is 3. The summed E-state index contributed by atoms with van der Waals surface area (Å²) in [4.78, 5) is 0. The normalized spacial score (nSPS) is 12.7. The topological polar surface area (TPSA) is 43.8 Å². The van der Waals surface area contributed by atoms with Crippen molar-refractivity contribution in [3.8, 4) is 0 Å². The third-order valence-corrected chi connectivity index (χ3v) is 5.00. The van der Waals surface area contributed by atoms with Crippen LogP contribution in [0.4, 0.5) is 4.39 Å². The van der Waals surface area contributed by atoms with Crippen molar-refractivity contribution >= 4 is 38.5 Å². The Morgan fingerprint density at radius 3 is 2.74 bits per heavy atom. The zero-order chi connectivity index (χ0) is 14.2. The van der Waals surface area contributed by atoms with Crippen LogP contribution in [0.2, 0.25) is 0 Å². The van der Waals surface area contributed by atoms with E-state index in [9.17, 15) is 4.39 Å². The zero-order valence-electron chi connectivity index (χ0n) is 10.6. The number of benzene rings is 1. The maximum atomic E-state index is 13.1. The fraction of sp³-hybridized carbons (Fsp3) is 0.308. The molecule has 3 nitrogen and oxygen atoms in total. The lowest BCUT2D eigenvalue weighted by Crippen LogP contribution is -2.17. The van der Waals surface area contributed by atoms with E-state index < -0.39 is 0 Å².